The van der Waals surface area contributed by atoms with E-state index in [2.05, 4.69) is 5.32 Å². The minimum absolute atomic E-state index is 0.653. The molecule has 0 saturated heterocycles. The number of nitrogens with two attached hydrogens (primary N) is 2. The number of hydrogen-bond acceptors (Lipinski definition) is 7. The van der Waals surface area contributed by atoms with E-state index in [4.69, 9.17) is 30.4 Å². The summed E-state index contributed by atoms with van der Waals surface area (Å²) in [4.78, 5) is 0. The van der Waals surface area contributed by atoms with Crippen LogP contribution >= 0.6 is 0 Å². The van der Waals surface area contributed by atoms with Crippen molar-refractivity contribution < 1.29 is 18.9 Å². The molecule has 23 heavy (non-hydrogen) atoms. The van der Waals surface area contributed by atoms with Crippen LogP contribution in [0.3, 0.4) is 0 Å². The predicted molar refractivity (Wildman–Crippen MR) is 92.7 cm³/mol. The van der Waals surface area contributed by atoms with Crippen LogP contribution in [0.15, 0.2) is 0 Å². The molecule has 0 aromatic carbocycles. The van der Waals surface area contributed by atoms with E-state index >= 15 is 0 Å². The average molecular weight is 335 g/mol. The second-order valence-corrected chi connectivity index (χ2v) is 5.19. The van der Waals surface area contributed by atoms with E-state index in [-0.39, 0.29) is 0 Å². The lowest BCUT2D eigenvalue weighted by Gasteiger charge is -2.07. The van der Waals surface area contributed by atoms with Gasteiger partial charge >= 0.3 is 0 Å². The van der Waals surface area contributed by atoms with Crippen LogP contribution in [0.4, 0.5) is 0 Å². The van der Waals surface area contributed by atoms with Crippen molar-refractivity contribution in [3.8, 4) is 0 Å². The Balaban J connectivity index is 2.92. The summed E-state index contributed by atoms with van der Waals surface area (Å²) >= 11 is 0. The molecule has 0 saturated carbocycles. The van der Waals surface area contributed by atoms with Crippen molar-refractivity contribution in [2.75, 3.05) is 79.0 Å². The highest BCUT2D eigenvalue weighted by Crippen LogP contribution is 1.87. The Morgan fingerprint density at radius 2 is 0.826 bits per heavy atom. The van der Waals surface area contributed by atoms with Gasteiger partial charge < -0.3 is 35.7 Å². The smallest absolute Gasteiger partial charge is 0.0700 e. The Morgan fingerprint density at radius 1 is 0.478 bits per heavy atom. The summed E-state index contributed by atoms with van der Waals surface area (Å²) in [6.45, 7) is 8.91. The van der Waals surface area contributed by atoms with Gasteiger partial charge in [0, 0.05) is 26.4 Å². The summed E-state index contributed by atoms with van der Waals surface area (Å²) in [5.74, 6) is 0. The molecule has 0 spiro atoms. The second-order valence-electron chi connectivity index (χ2n) is 5.19. The summed E-state index contributed by atoms with van der Waals surface area (Å²) in [5.41, 5.74) is 10.7. The van der Waals surface area contributed by atoms with Crippen LogP contribution in [-0.2, 0) is 18.9 Å². The first-order valence-corrected chi connectivity index (χ1v) is 8.83. The molecule has 0 aliphatic heterocycles. The zero-order chi connectivity index (χ0) is 16.8. The monoisotopic (exact) mass is 335 g/mol. The maximum absolute atomic E-state index is 5.47. The van der Waals surface area contributed by atoms with Gasteiger partial charge in [-0.3, -0.25) is 0 Å². The Kier molecular flexibility index (Phi) is 21.5. The van der Waals surface area contributed by atoms with Crippen LogP contribution in [0, 0.1) is 0 Å². The fourth-order valence-corrected chi connectivity index (χ4v) is 1.74. The molecule has 0 bridgehead atoms. The lowest BCUT2D eigenvalue weighted by Crippen LogP contribution is -2.20. The van der Waals surface area contributed by atoms with Gasteiger partial charge in [-0.05, 0) is 51.9 Å². The van der Waals surface area contributed by atoms with Crippen molar-refractivity contribution in [2.45, 2.75) is 25.7 Å². The average Bonchev–Trinajstić information content (AvgIpc) is 2.57. The molecule has 7 heteroatoms. The quantitative estimate of drug-likeness (QED) is 0.272. The van der Waals surface area contributed by atoms with E-state index in [0.29, 0.717) is 39.5 Å². The first-order valence-electron chi connectivity index (χ1n) is 8.83. The minimum atomic E-state index is 0.653. The molecule has 0 aromatic heterocycles. The third-order valence-corrected chi connectivity index (χ3v) is 3.01. The van der Waals surface area contributed by atoms with Crippen molar-refractivity contribution in [3.05, 3.63) is 0 Å². The maximum atomic E-state index is 5.47. The van der Waals surface area contributed by atoms with Gasteiger partial charge in [0.1, 0.15) is 0 Å². The van der Waals surface area contributed by atoms with Gasteiger partial charge in [0.2, 0.25) is 0 Å². The molecule has 140 valence electrons. The standard InChI is InChI=1S/C16H37N3O4/c17-5-1-9-20-13-15-22-11-3-7-19-8-4-12-23-16-14-21-10-2-6-18/h19H,1-18H2. The van der Waals surface area contributed by atoms with Crippen molar-refractivity contribution in [1.29, 1.82) is 0 Å². The third-order valence-electron chi connectivity index (χ3n) is 3.01. The first kappa shape index (κ1) is 22.7. The molecule has 0 atom stereocenters. The molecule has 0 aliphatic rings. The molecule has 0 fully saturated rings. The van der Waals surface area contributed by atoms with E-state index in [1.807, 2.05) is 0 Å². The van der Waals surface area contributed by atoms with Gasteiger partial charge in [-0.1, -0.05) is 0 Å². The second kappa shape index (κ2) is 21.7. The van der Waals surface area contributed by atoms with E-state index < -0.39 is 0 Å². The van der Waals surface area contributed by atoms with Gasteiger partial charge in [-0.2, -0.15) is 0 Å². The SMILES string of the molecule is NCCCOCCOCCCNCCCOCCOCCCN. The summed E-state index contributed by atoms with van der Waals surface area (Å²) in [5, 5.41) is 3.37. The van der Waals surface area contributed by atoms with E-state index in [0.717, 1.165) is 65.2 Å². The molecule has 0 rings (SSSR count). The van der Waals surface area contributed by atoms with Crippen LogP contribution in [0.1, 0.15) is 25.7 Å². The minimum Gasteiger partial charge on any atom is -0.379 e. The molecular formula is C16H37N3O4. The molecular weight excluding hydrogens is 298 g/mol. The van der Waals surface area contributed by atoms with E-state index in [1.54, 1.807) is 0 Å². The summed E-state index contributed by atoms with van der Waals surface area (Å²) in [7, 11) is 0. The van der Waals surface area contributed by atoms with Gasteiger partial charge in [-0.15, -0.1) is 0 Å². The fourth-order valence-electron chi connectivity index (χ4n) is 1.74. The number of rotatable bonds is 20. The maximum Gasteiger partial charge on any atom is 0.0700 e. The number of nitrogens with one attached hydrogen (secondary N) is 1. The molecule has 0 amide bonds. The van der Waals surface area contributed by atoms with Gasteiger partial charge in [-0.25, -0.2) is 0 Å². The molecule has 0 aromatic rings. The highest BCUT2D eigenvalue weighted by atomic mass is 16.5. The largest absolute Gasteiger partial charge is 0.379 e. The lowest BCUT2D eigenvalue weighted by atomic mass is 10.4. The third kappa shape index (κ3) is 21.7. The van der Waals surface area contributed by atoms with Gasteiger partial charge in [0.15, 0.2) is 0 Å². The van der Waals surface area contributed by atoms with E-state index in [9.17, 15) is 0 Å². The first-order chi connectivity index (χ1) is 11.4. The van der Waals surface area contributed by atoms with Crippen molar-refractivity contribution in [1.82, 2.24) is 5.32 Å². The highest BCUT2D eigenvalue weighted by molar-refractivity contribution is 4.48. The Hall–Kier alpha value is -0.280. The number of hydrogen-bond donors (Lipinski definition) is 3. The van der Waals surface area contributed by atoms with Crippen LogP contribution in [-0.4, -0.2) is 79.0 Å². The van der Waals surface area contributed by atoms with Gasteiger partial charge in [0.05, 0.1) is 26.4 Å². The van der Waals surface area contributed by atoms with E-state index in [1.165, 1.54) is 0 Å². The normalized spacial score (nSPS) is 11.2. The van der Waals surface area contributed by atoms with Crippen molar-refractivity contribution in [2.24, 2.45) is 11.5 Å². The van der Waals surface area contributed by atoms with Crippen LogP contribution in [0.2, 0.25) is 0 Å². The topological polar surface area (TPSA) is 101 Å². The Morgan fingerprint density at radius 3 is 1.17 bits per heavy atom. The molecule has 0 aliphatic carbocycles. The molecule has 0 radical (unpaired) electrons. The van der Waals surface area contributed by atoms with Crippen LogP contribution in [0.25, 0.3) is 0 Å². The zero-order valence-electron chi connectivity index (χ0n) is 14.6. The highest BCUT2D eigenvalue weighted by Gasteiger charge is 1.93. The van der Waals surface area contributed by atoms with Crippen LogP contribution in [0.5, 0.6) is 0 Å². The Bertz CT molecular complexity index is 192. The Labute approximate surface area is 141 Å². The lowest BCUT2D eigenvalue weighted by molar-refractivity contribution is 0.0451. The molecule has 7 nitrogen and oxygen atoms in total. The summed E-state index contributed by atoms with van der Waals surface area (Å²) in [6, 6.07) is 0. The van der Waals surface area contributed by atoms with Crippen LogP contribution < -0.4 is 16.8 Å². The molecule has 5 N–H and O–H groups in total. The summed E-state index contributed by atoms with van der Waals surface area (Å²) < 4.78 is 21.6. The molecule has 0 unspecified atom stereocenters. The molecule has 0 heterocycles. The zero-order valence-corrected chi connectivity index (χ0v) is 14.6. The van der Waals surface area contributed by atoms with Crippen molar-refractivity contribution >= 4 is 0 Å². The predicted octanol–water partition coefficient (Wildman–Crippen LogP) is 0.120. The van der Waals surface area contributed by atoms with Crippen molar-refractivity contribution in [3.63, 3.8) is 0 Å². The van der Waals surface area contributed by atoms with Gasteiger partial charge in [0.25, 0.3) is 0 Å². The fraction of sp³-hybridized carbons (Fsp3) is 1.00. The number of ether oxygens (including phenoxy) is 4. The summed E-state index contributed by atoms with van der Waals surface area (Å²) in [6.07, 6.45) is 3.85.